The number of aliphatic carboxylic acids is 1. The molecule has 2 aromatic carbocycles. The number of unbranched alkanes of at least 4 members (excludes halogenated alkanes) is 2. The first-order valence-electron chi connectivity index (χ1n) is 7.71. The van der Waals surface area contributed by atoms with E-state index in [2.05, 4.69) is 0 Å². The van der Waals surface area contributed by atoms with Gasteiger partial charge in [0.1, 0.15) is 0 Å². The second-order valence-electron chi connectivity index (χ2n) is 5.50. The van der Waals surface area contributed by atoms with Crippen LogP contribution in [0.2, 0.25) is 0 Å². The second kappa shape index (κ2) is 8.13. The number of carboxylic acids is 2. The Morgan fingerprint density at radius 1 is 0.870 bits per heavy atom. The van der Waals surface area contributed by atoms with Crippen LogP contribution >= 0.6 is 0 Å². The average Bonchev–Trinajstić information content (AvgIpc) is 2.55. The molecule has 2 aromatic rings. The Morgan fingerprint density at radius 3 is 2.26 bits per heavy atom. The van der Waals surface area contributed by atoms with Gasteiger partial charge in [0.25, 0.3) is 0 Å². The molecule has 2 N–H and O–H groups in total. The standard InChI is InChI=1S/C19H20O4/c20-18(21)10-6-2-5-9-15-11-12-16(19(22)23)13-17(15)14-7-3-1-4-8-14/h1,3-4,7-8,11-13H,2,5-6,9-10H2,(H,20,21)(H,22,23). The molecule has 0 fully saturated rings. The number of carboxylic acid groups (broad SMARTS) is 2. The van der Waals surface area contributed by atoms with Gasteiger partial charge in [0.2, 0.25) is 0 Å². The molecule has 0 aliphatic rings. The fourth-order valence-electron chi connectivity index (χ4n) is 2.58. The predicted molar refractivity (Wildman–Crippen MR) is 88.6 cm³/mol. The van der Waals surface area contributed by atoms with E-state index in [-0.39, 0.29) is 12.0 Å². The van der Waals surface area contributed by atoms with E-state index in [1.54, 1.807) is 12.1 Å². The van der Waals surface area contributed by atoms with Gasteiger partial charge in [-0.15, -0.1) is 0 Å². The number of hydrogen-bond acceptors (Lipinski definition) is 2. The Bertz CT molecular complexity index is 677. The summed E-state index contributed by atoms with van der Waals surface area (Å²) in [5, 5.41) is 17.8. The Hall–Kier alpha value is -2.62. The third kappa shape index (κ3) is 4.95. The van der Waals surface area contributed by atoms with Crippen molar-refractivity contribution < 1.29 is 19.8 Å². The molecule has 120 valence electrons. The summed E-state index contributed by atoms with van der Waals surface area (Å²) < 4.78 is 0. The van der Waals surface area contributed by atoms with Gasteiger partial charge in [-0.25, -0.2) is 4.79 Å². The Kier molecular flexibility index (Phi) is 5.92. The van der Waals surface area contributed by atoms with Gasteiger partial charge in [-0.05, 0) is 48.1 Å². The molecule has 23 heavy (non-hydrogen) atoms. The van der Waals surface area contributed by atoms with Crippen LogP contribution in [-0.4, -0.2) is 22.2 Å². The van der Waals surface area contributed by atoms with E-state index in [4.69, 9.17) is 5.11 Å². The molecule has 0 aliphatic carbocycles. The second-order valence-corrected chi connectivity index (χ2v) is 5.50. The number of aryl methyl sites for hydroxylation is 1. The zero-order valence-corrected chi connectivity index (χ0v) is 12.9. The van der Waals surface area contributed by atoms with Gasteiger partial charge in [-0.1, -0.05) is 42.8 Å². The SMILES string of the molecule is O=C(O)CCCCCc1ccc(C(=O)O)cc1-c1ccccc1. The highest BCUT2D eigenvalue weighted by atomic mass is 16.4. The summed E-state index contributed by atoms with van der Waals surface area (Å²) in [4.78, 5) is 21.7. The van der Waals surface area contributed by atoms with Crippen LogP contribution in [0.3, 0.4) is 0 Å². The van der Waals surface area contributed by atoms with Crippen molar-refractivity contribution in [2.75, 3.05) is 0 Å². The highest BCUT2D eigenvalue weighted by Gasteiger charge is 2.10. The number of aromatic carboxylic acids is 1. The molecule has 0 aliphatic heterocycles. The molecule has 0 unspecified atom stereocenters. The minimum Gasteiger partial charge on any atom is -0.481 e. The molecule has 2 rings (SSSR count). The average molecular weight is 312 g/mol. The molecule has 0 saturated carbocycles. The largest absolute Gasteiger partial charge is 0.481 e. The Morgan fingerprint density at radius 2 is 1.61 bits per heavy atom. The Labute approximate surface area is 135 Å². The maximum absolute atomic E-state index is 11.2. The van der Waals surface area contributed by atoms with Crippen molar-refractivity contribution in [2.24, 2.45) is 0 Å². The molecule has 0 saturated heterocycles. The number of benzene rings is 2. The van der Waals surface area contributed by atoms with Crippen LogP contribution in [0.25, 0.3) is 11.1 Å². The molecule has 4 heteroatoms. The molecule has 0 radical (unpaired) electrons. The maximum atomic E-state index is 11.2. The van der Waals surface area contributed by atoms with Crippen molar-refractivity contribution in [2.45, 2.75) is 32.1 Å². The summed E-state index contributed by atoms with van der Waals surface area (Å²) in [6.07, 6.45) is 3.41. The van der Waals surface area contributed by atoms with Gasteiger partial charge in [-0.3, -0.25) is 4.79 Å². The lowest BCUT2D eigenvalue weighted by Crippen LogP contribution is -1.99. The van der Waals surface area contributed by atoms with E-state index in [0.29, 0.717) is 6.42 Å². The van der Waals surface area contributed by atoms with Crippen LogP contribution in [-0.2, 0) is 11.2 Å². The van der Waals surface area contributed by atoms with E-state index >= 15 is 0 Å². The molecular weight excluding hydrogens is 292 g/mol. The van der Waals surface area contributed by atoms with Crippen LogP contribution in [0.1, 0.15) is 41.6 Å². The van der Waals surface area contributed by atoms with Crippen LogP contribution in [0, 0.1) is 0 Å². The zero-order chi connectivity index (χ0) is 16.7. The molecule has 0 heterocycles. The van der Waals surface area contributed by atoms with E-state index in [1.807, 2.05) is 36.4 Å². The van der Waals surface area contributed by atoms with Crippen molar-refractivity contribution in [3.05, 3.63) is 59.7 Å². The summed E-state index contributed by atoms with van der Waals surface area (Å²) in [5.41, 5.74) is 3.30. The van der Waals surface area contributed by atoms with Crippen LogP contribution in [0.4, 0.5) is 0 Å². The van der Waals surface area contributed by atoms with E-state index in [1.165, 1.54) is 0 Å². The lowest BCUT2D eigenvalue weighted by molar-refractivity contribution is -0.137. The fourth-order valence-corrected chi connectivity index (χ4v) is 2.58. The lowest BCUT2D eigenvalue weighted by Gasteiger charge is -2.11. The minimum atomic E-state index is -0.935. The zero-order valence-electron chi connectivity index (χ0n) is 12.9. The third-order valence-electron chi connectivity index (χ3n) is 3.78. The van der Waals surface area contributed by atoms with Crippen molar-refractivity contribution in [1.82, 2.24) is 0 Å². The van der Waals surface area contributed by atoms with Crippen LogP contribution < -0.4 is 0 Å². The molecule has 0 bridgehead atoms. The molecule has 0 aromatic heterocycles. The van der Waals surface area contributed by atoms with E-state index < -0.39 is 11.9 Å². The van der Waals surface area contributed by atoms with Crippen molar-refractivity contribution in [1.29, 1.82) is 0 Å². The Balaban J connectivity index is 2.15. The summed E-state index contributed by atoms with van der Waals surface area (Å²) in [6, 6.07) is 14.9. The first-order chi connectivity index (χ1) is 11.1. The minimum absolute atomic E-state index is 0.198. The summed E-state index contributed by atoms with van der Waals surface area (Å²) in [7, 11) is 0. The predicted octanol–water partition coefficient (Wildman–Crippen LogP) is 4.24. The van der Waals surface area contributed by atoms with Gasteiger partial charge >= 0.3 is 11.9 Å². The molecule has 0 amide bonds. The van der Waals surface area contributed by atoms with Gasteiger partial charge in [0.05, 0.1) is 5.56 Å². The topological polar surface area (TPSA) is 74.6 Å². The lowest BCUT2D eigenvalue weighted by atomic mass is 9.94. The van der Waals surface area contributed by atoms with Gasteiger partial charge in [-0.2, -0.15) is 0 Å². The molecule has 0 atom stereocenters. The first-order valence-corrected chi connectivity index (χ1v) is 7.71. The molecular formula is C19H20O4. The maximum Gasteiger partial charge on any atom is 0.335 e. The van der Waals surface area contributed by atoms with E-state index in [9.17, 15) is 14.7 Å². The van der Waals surface area contributed by atoms with E-state index in [0.717, 1.165) is 36.0 Å². The van der Waals surface area contributed by atoms with Crippen LogP contribution in [0.15, 0.2) is 48.5 Å². The quantitative estimate of drug-likeness (QED) is 0.715. The first kappa shape index (κ1) is 16.7. The van der Waals surface area contributed by atoms with Crippen molar-refractivity contribution in [3.8, 4) is 11.1 Å². The summed E-state index contributed by atoms with van der Waals surface area (Å²) in [5.74, 6) is -1.70. The van der Waals surface area contributed by atoms with Gasteiger partial charge in [0.15, 0.2) is 0 Å². The number of rotatable bonds is 8. The van der Waals surface area contributed by atoms with Crippen molar-refractivity contribution in [3.63, 3.8) is 0 Å². The fraction of sp³-hybridized carbons (Fsp3) is 0.263. The smallest absolute Gasteiger partial charge is 0.335 e. The summed E-state index contributed by atoms with van der Waals surface area (Å²) >= 11 is 0. The molecule has 0 spiro atoms. The number of hydrogen-bond donors (Lipinski definition) is 2. The number of carbonyl (C=O) groups is 2. The van der Waals surface area contributed by atoms with Gasteiger partial charge < -0.3 is 10.2 Å². The monoisotopic (exact) mass is 312 g/mol. The van der Waals surface area contributed by atoms with Crippen LogP contribution in [0.5, 0.6) is 0 Å². The summed E-state index contributed by atoms with van der Waals surface area (Å²) in [6.45, 7) is 0. The van der Waals surface area contributed by atoms with Crippen molar-refractivity contribution >= 4 is 11.9 Å². The highest BCUT2D eigenvalue weighted by Crippen LogP contribution is 2.26. The third-order valence-corrected chi connectivity index (χ3v) is 3.78. The normalized spacial score (nSPS) is 10.4. The highest BCUT2D eigenvalue weighted by molar-refractivity contribution is 5.90. The molecule has 4 nitrogen and oxygen atoms in total. The van der Waals surface area contributed by atoms with Gasteiger partial charge in [0, 0.05) is 6.42 Å².